The van der Waals surface area contributed by atoms with Gasteiger partial charge in [0.1, 0.15) is 11.1 Å². The summed E-state index contributed by atoms with van der Waals surface area (Å²) in [5, 5.41) is 16.4. The summed E-state index contributed by atoms with van der Waals surface area (Å²) in [5.41, 5.74) is 2.55. The number of halogens is 1. The highest BCUT2D eigenvalue weighted by Crippen LogP contribution is 2.43. The fourth-order valence-electron chi connectivity index (χ4n) is 3.47. The molecule has 1 aliphatic rings. The van der Waals surface area contributed by atoms with E-state index in [4.69, 9.17) is 12.2 Å². The molecule has 4 nitrogen and oxygen atoms in total. The zero-order valence-corrected chi connectivity index (χ0v) is 19.3. The van der Waals surface area contributed by atoms with E-state index >= 15 is 0 Å². The number of hydrogen-bond acceptors (Lipinski definition) is 4. The molecule has 7 heteroatoms. The van der Waals surface area contributed by atoms with Crippen LogP contribution in [-0.2, 0) is 12.8 Å². The van der Waals surface area contributed by atoms with E-state index in [9.17, 15) is 10.1 Å². The highest BCUT2D eigenvalue weighted by atomic mass is 79.9. The number of rotatable bonds is 2. The number of nitriles is 1. The summed E-state index contributed by atoms with van der Waals surface area (Å²) in [6, 6.07) is 9.43. The van der Waals surface area contributed by atoms with E-state index in [2.05, 4.69) is 53.4 Å². The van der Waals surface area contributed by atoms with Gasteiger partial charge in [-0.15, -0.1) is 11.3 Å². The topological polar surface area (TPSA) is 64.9 Å². The van der Waals surface area contributed by atoms with E-state index in [0.29, 0.717) is 17.0 Å². The summed E-state index contributed by atoms with van der Waals surface area (Å²) in [6.07, 6.45) is 2.98. The van der Waals surface area contributed by atoms with Gasteiger partial charge < -0.3 is 5.32 Å². The monoisotopic (exact) mass is 475 g/mol. The number of nitrogens with one attached hydrogen (secondary N) is 2. The van der Waals surface area contributed by atoms with E-state index in [0.717, 1.165) is 34.3 Å². The molecule has 0 fully saturated rings. The van der Waals surface area contributed by atoms with Crippen molar-refractivity contribution >= 4 is 55.5 Å². The number of hydrogen-bond donors (Lipinski definition) is 2. The molecule has 1 amide bonds. The molecule has 146 valence electrons. The van der Waals surface area contributed by atoms with Crippen LogP contribution in [0.25, 0.3) is 0 Å². The lowest BCUT2D eigenvalue weighted by Gasteiger charge is -2.33. The van der Waals surface area contributed by atoms with Gasteiger partial charge in [-0.05, 0) is 66.6 Å². The number of fused-ring (bicyclic) bond motifs is 1. The third-order valence-electron chi connectivity index (χ3n) is 5.14. The second-order valence-corrected chi connectivity index (χ2v) is 10.5. The van der Waals surface area contributed by atoms with Crippen LogP contribution in [0.4, 0.5) is 5.00 Å². The first-order valence-electron chi connectivity index (χ1n) is 9.11. The fourth-order valence-corrected chi connectivity index (χ4v) is 5.41. The maximum Gasteiger partial charge on any atom is 0.257 e. The van der Waals surface area contributed by atoms with E-state index < -0.39 is 0 Å². The predicted octanol–water partition coefficient (Wildman–Crippen LogP) is 5.66. The van der Waals surface area contributed by atoms with Crippen LogP contribution in [0, 0.1) is 22.7 Å². The number of amides is 1. The highest BCUT2D eigenvalue weighted by Gasteiger charge is 2.32. The Bertz CT molecular complexity index is 969. The van der Waals surface area contributed by atoms with Crippen molar-refractivity contribution in [3.8, 4) is 6.07 Å². The molecule has 0 aliphatic heterocycles. The molecule has 3 rings (SSSR count). The van der Waals surface area contributed by atoms with Crippen LogP contribution in [-0.4, -0.2) is 11.0 Å². The van der Waals surface area contributed by atoms with Gasteiger partial charge >= 0.3 is 0 Å². The Hall–Kier alpha value is -1.75. The van der Waals surface area contributed by atoms with Crippen LogP contribution in [0.1, 0.15) is 53.6 Å². The van der Waals surface area contributed by atoms with E-state index in [1.165, 1.54) is 4.88 Å². The second-order valence-electron chi connectivity index (χ2n) is 8.04. The molecule has 0 saturated carbocycles. The highest BCUT2D eigenvalue weighted by molar-refractivity contribution is 9.10. The van der Waals surface area contributed by atoms with Crippen molar-refractivity contribution in [1.29, 1.82) is 5.26 Å². The van der Waals surface area contributed by atoms with Gasteiger partial charge in [0, 0.05) is 14.9 Å². The van der Waals surface area contributed by atoms with Gasteiger partial charge in [0.05, 0.1) is 5.56 Å². The smallest absolute Gasteiger partial charge is 0.257 e. The van der Waals surface area contributed by atoms with Crippen molar-refractivity contribution in [2.24, 2.45) is 11.3 Å². The molecular weight excluding hydrogens is 454 g/mol. The number of benzene rings is 1. The molecule has 0 bridgehead atoms. The molecule has 1 atom stereocenters. The summed E-state index contributed by atoms with van der Waals surface area (Å²) in [4.78, 5) is 13.6. The van der Waals surface area contributed by atoms with Crippen molar-refractivity contribution in [2.45, 2.75) is 40.0 Å². The minimum Gasteiger partial charge on any atom is -0.323 e. The number of thiocarbonyl (C=S) groups is 1. The molecule has 0 saturated heterocycles. The Morgan fingerprint density at radius 1 is 1.39 bits per heavy atom. The summed E-state index contributed by atoms with van der Waals surface area (Å²) in [5.74, 6) is 0.313. The quantitative estimate of drug-likeness (QED) is 0.549. The number of carbonyl (C=O) groups excluding carboxylic acids is 1. The van der Waals surface area contributed by atoms with Crippen molar-refractivity contribution in [3.05, 3.63) is 50.3 Å². The Morgan fingerprint density at radius 3 is 2.79 bits per heavy atom. The van der Waals surface area contributed by atoms with Crippen molar-refractivity contribution in [1.82, 2.24) is 5.32 Å². The normalized spacial score (nSPS) is 16.0. The van der Waals surface area contributed by atoms with Gasteiger partial charge in [-0.1, -0.05) is 42.8 Å². The standard InChI is InChI=1S/C21H22BrN3OS2/c1-21(2,3)13-7-8-15-16(11-23)19(28-17(15)10-13)25-20(27)24-18(26)12-5-4-6-14(22)9-12/h4-6,9,13H,7-8,10H2,1-3H3,(H2,24,25,26,27). The van der Waals surface area contributed by atoms with Crippen molar-refractivity contribution < 1.29 is 4.79 Å². The van der Waals surface area contributed by atoms with Crippen LogP contribution in [0.2, 0.25) is 0 Å². The first-order chi connectivity index (χ1) is 13.2. The molecule has 28 heavy (non-hydrogen) atoms. The van der Waals surface area contributed by atoms with Gasteiger partial charge in [0.25, 0.3) is 5.91 Å². The van der Waals surface area contributed by atoms with Gasteiger partial charge in [0.2, 0.25) is 0 Å². The maximum absolute atomic E-state index is 12.4. The lowest BCUT2D eigenvalue weighted by atomic mass is 9.72. The largest absolute Gasteiger partial charge is 0.323 e. The number of thiophene rings is 1. The first kappa shape index (κ1) is 21.0. The minimum atomic E-state index is -0.286. The maximum atomic E-state index is 12.4. The van der Waals surface area contributed by atoms with Crippen molar-refractivity contribution in [2.75, 3.05) is 5.32 Å². The minimum absolute atomic E-state index is 0.201. The van der Waals surface area contributed by atoms with Crippen LogP contribution in [0.5, 0.6) is 0 Å². The van der Waals surface area contributed by atoms with Gasteiger partial charge in [-0.2, -0.15) is 5.26 Å². The van der Waals surface area contributed by atoms with E-state index in [1.54, 1.807) is 29.5 Å². The van der Waals surface area contributed by atoms with Crippen LogP contribution < -0.4 is 10.6 Å². The predicted molar refractivity (Wildman–Crippen MR) is 122 cm³/mol. The molecule has 0 spiro atoms. The molecule has 0 radical (unpaired) electrons. The molecule has 1 heterocycles. The van der Waals surface area contributed by atoms with E-state index in [-0.39, 0.29) is 16.4 Å². The summed E-state index contributed by atoms with van der Waals surface area (Å²) in [7, 11) is 0. The third kappa shape index (κ3) is 4.62. The zero-order chi connectivity index (χ0) is 20.5. The first-order valence-corrected chi connectivity index (χ1v) is 11.1. The molecule has 2 N–H and O–H groups in total. The summed E-state index contributed by atoms with van der Waals surface area (Å²) >= 11 is 10.3. The number of carbonyl (C=O) groups is 1. The molecular formula is C21H22BrN3OS2. The van der Waals surface area contributed by atoms with Gasteiger partial charge in [0.15, 0.2) is 5.11 Å². The van der Waals surface area contributed by atoms with Gasteiger partial charge in [-0.3, -0.25) is 10.1 Å². The lowest BCUT2D eigenvalue weighted by molar-refractivity contribution is 0.0977. The SMILES string of the molecule is CC(C)(C)C1CCc2c(sc(NC(=S)NC(=O)c3cccc(Br)c3)c2C#N)C1. The Kier molecular flexibility index (Phi) is 6.23. The Labute approximate surface area is 183 Å². The molecule has 1 aliphatic carbocycles. The van der Waals surface area contributed by atoms with E-state index in [1.807, 2.05) is 6.07 Å². The second kappa shape index (κ2) is 8.32. The molecule has 1 aromatic carbocycles. The third-order valence-corrected chi connectivity index (χ3v) is 7.01. The zero-order valence-electron chi connectivity index (χ0n) is 16.1. The molecule has 1 aromatic heterocycles. The average molecular weight is 476 g/mol. The van der Waals surface area contributed by atoms with Crippen LogP contribution in [0.15, 0.2) is 28.7 Å². The van der Waals surface area contributed by atoms with Crippen LogP contribution in [0.3, 0.4) is 0 Å². The average Bonchev–Trinajstić information content (AvgIpc) is 2.96. The Balaban J connectivity index is 1.74. The van der Waals surface area contributed by atoms with Gasteiger partial charge in [-0.25, -0.2) is 0 Å². The summed E-state index contributed by atoms with van der Waals surface area (Å²) in [6.45, 7) is 6.81. The number of anilines is 1. The fraction of sp³-hybridized carbons (Fsp3) is 0.381. The number of nitrogens with zero attached hydrogens (tertiary/aromatic N) is 1. The molecule has 2 aromatic rings. The molecule has 1 unspecified atom stereocenters. The lowest BCUT2D eigenvalue weighted by Crippen LogP contribution is -2.34. The van der Waals surface area contributed by atoms with Crippen molar-refractivity contribution in [3.63, 3.8) is 0 Å². The van der Waals surface area contributed by atoms with Crippen LogP contribution >= 0.6 is 39.5 Å². The Morgan fingerprint density at radius 2 is 2.14 bits per heavy atom. The summed E-state index contributed by atoms with van der Waals surface area (Å²) < 4.78 is 0.824.